The lowest BCUT2D eigenvalue weighted by atomic mass is 10.2. The summed E-state index contributed by atoms with van der Waals surface area (Å²) < 4.78 is 0. The fourth-order valence-electron chi connectivity index (χ4n) is 1.84. The number of carbonyl (C=O) groups is 2. The molecule has 1 aromatic carbocycles. The van der Waals surface area contributed by atoms with Gasteiger partial charge in [0.25, 0.3) is 11.6 Å². The Morgan fingerprint density at radius 2 is 2.00 bits per heavy atom. The third-order valence-corrected chi connectivity index (χ3v) is 3.90. The molecule has 2 aromatic rings. The number of carbonyl (C=O) groups excluding carboxylic acids is 2. The summed E-state index contributed by atoms with van der Waals surface area (Å²) in [6.45, 7) is 0. The van der Waals surface area contributed by atoms with Crippen LogP contribution < -0.4 is 10.5 Å². The summed E-state index contributed by atoms with van der Waals surface area (Å²) in [6.07, 6.45) is -0.137. The van der Waals surface area contributed by atoms with Crippen molar-refractivity contribution < 1.29 is 19.6 Å². The molecule has 0 radical (unpaired) electrons. The molecule has 0 fully saturated rings. The van der Waals surface area contributed by atoms with Crippen LogP contribution in [0.5, 0.6) is 0 Å². The maximum absolute atomic E-state index is 12.1. The average molecular weight is 346 g/mol. The van der Waals surface area contributed by atoms with Crippen LogP contribution in [0.25, 0.3) is 0 Å². The molecule has 0 atom stereocenters. The fourth-order valence-corrected chi connectivity index (χ4v) is 2.59. The standard InChI is InChI=1S/C15H13N3O5S/c19-14(20)7-6-12(13-5-2-8-24-13)16-17-15(21)10-3-1-4-11(9-10)18(22)23/h1-5,8-9H,6-7H2,(H,17,21)(H,19,20)/p-1/b16-12-. The predicted octanol–water partition coefficient (Wildman–Crippen LogP) is 1.32. The molecule has 0 spiro atoms. The SMILES string of the molecule is O=C([O-])CC/C(=N/NC(=O)c1cccc([N+](=O)[O-])c1)c1cccs1. The third kappa shape index (κ3) is 4.71. The second-order valence-corrected chi connectivity index (χ2v) is 5.60. The van der Waals surface area contributed by atoms with E-state index in [2.05, 4.69) is 10.5 Å². The van der Waals surface area contributed by atoms with Crippen LogP contribution >= 0.6 is 11.3 Å². The van der Waals surface area contributed by atoms with E-state index in [-0.39, 0.29) is 24.1 Å². The molecule has 0 aliphatic rings. The number of nitro benzene ring substituents is 1. The van der Waals surface area contributed by atoms with E-state index in [0.29, 0.717) is 5.71 Å². The number of hydrogen-bond acceptors (Lipinski definition) is 7. The third-order valence-electron chi connectivity index (χ3n) is 2.98. The molecular formula is C15H12N3O5S-. The second kappa shape index (κ2) is 7.97. The number of thiophene rings is 1. The van der Waals surface area contributed by atoms with Gasteiger partial charge in [0.05, 0.1) is 15.5 Å². The Morgan fingerprint density at radius 1 is 1.21 bits per heavy atom. The molecule has 1 heterocycles. The van der Waals surface area contributed by atoms with Crippen molar-refractivity contribution in [3.8, 4) is 0 Å². The molecule has 1 N–H and O–H groups in total. The van der Waals surface area contributed by atoms with Gasteiger partial charge < -0.3 is 9.90 Å². The van der Waals surface area contributed by atoms with E-state index in [4.69, 9.17) is 0 Å². The summed E-state index contributed by atoms with van der Waals surface area (Å²) in [7, 11) is 0. The number of amides is 1. The number of benzene rings is 1. The highest BCUT2D eigenvalue weighted by atomic mass is 32.1. The topological polar surface area (TPSA) is 125 Å². The van der Waals surface area contributed by atoms with Crippen LogP contribution in [0.4, 0.5) is 5.69 Å². The Bertz CT molecular complexity index is 786. The maximum Gasteiger partial charge on any atom is 0.271 e. The molecule has 0 saturated carbocycles. The highest BCUT2D eigenvalue weighted by molar-refractivity contribution is 7.12. The lowest BCUT2D eigenvalue weighted by molar-refractivity contribution is -0.384. The van der Waals surface area contributed by atoms with E-state index in [1.165, 1.54) is 29.5 Å². The predicted molar refractivity (Wildman–Crippen MR) is 85.7 cm³/mol. The van der Waals surface area contributed by atoms with Crippen LogP contribution in [0.1, 0.15) is 28.1 Å². The van der Waals surface area contributed by atoms with E-state index < -0.39 is 16.8 Å². The highest BCUT2D eigenvalue weighted by Gasteiger charge is 2.12. The Kier molecular flexibility index (Phi) is 5.74. The summed E-state index contributed by atoms with van der Waals surface area (Å²) in [5.41, 5.74) is 2.57. The Hall–Kier alpha value is -3.07. The van der Waals surface area contributed by atoms with Gasteiger partial charge in [0.15, 0.2) is 0 Å². The maximum atomic E-state index is 12.1. The first-order valence-corrected chi connectivity index (χ1v) is 7.70. The first-order chi connectivity index (χ1) is 11.5. The number of non-ortho nitro benzene ring substituents is 1. The van der Waals surface area contributed by atoms with Crippen molar-refractivity contribution in [3.05, 3.63) is 62.3 Å². The number of carboxylic acid groups (broad SMARTS) is 1. The van der Waals surface area contributed by atoms with E-state index in [1.807, 2.05) is 0 Å². The molecule has 8 nitrogen and oxygen atoms in total. The zero-order chi connectivity index (χ0) is 17.5. The van der Waals surface area contributed by atoms with E-state index in [9.17, 15) is 24.8 Å². The van der Waals surface area contributed by atoms with Gasteiger partial charge in [-0.15, -0.1) is 11.3 Å². The van der Waals surface area contributed by atoms with Crippen molar-refractivity contribution in [1.82, 2.24) is 5.43 Å². The Labute approximate surface area is 140 Å². The number of hydrogen-bond donors (Lipinski definition) is 1. The minimum Gasteiger partial charge on any atom is -0.550 e. The number of rotatable bonds is 7. The molecule has 24 heavy (non-hydrogen) atoms. The van der Waals surface area contributed by atoms with Gasteiger partial charge in [-0.1, -0.05) is 12.1 Å². The smallest absolute Gasteiger partial charge is 0.271 e. The minimum absolute atomic E-state index is 0.0818. The van der Waals surface area contributed by atoms with Crippen molar-refractivity contribution in [2.75, 3.05) is 0 Å². The van der Waals surface area contributed by atoms with Gasteiger partial charge in [0.1, 0.15) is 0 Å². The van der Waals surface area contributed by atoms with Crippen LogP contribution in [0.3, 0.4) is 0 Å². The van der Waals surface area contributed by atoms with Crippen LogP contribution in [-0.2, 0) is 4.79 Å². The first kappa shape index (κ1) is 17.3. The van der Waals surface area contributed by atoms with E-state index in [0.717, 1.165) is 10.9 Å². The van der Waals surface area contributed by atoms with Crippen molar-refractivity contribution in [1.29, 1.82) is 0 Å². The summed E-state index contributed by atoms with van der Waals surface area (Å²) in [4.78, 5) is 33.5. The monoisotopic (exact) mass is 346 g/mol. The molecule has 0 saturated heterocycles. The fraction of sp³-hybridized carbons (Fsp3) is 0.133. The zero-order valence-electron chi connectivity index (χ0n) is 12.3. The van der Waals surface area contributed by atoms with Gasteiger partial charge in [-0.3, -0.25) is 14.9 Å². The lowest BCUT2D eigenvalue weighted by Gasteiger charge is -2.06. The average Bonchev–Trinajstić information content (AvgIpc) is 3.08. The molecule has 124 valence electrons. The molecule has 2 rings (SSSR count). The molecule has 1 amide bonds. The number of nitro groups is 1. The number of nitrogens with zero attached hydrogens (tertiary/aromatic N) is 2. The molecular weight excluding hydrogens is 334 g/mol. The zero-order valence-corrected chi connectivity index (χ0v) is 13.1. The van der Waals surface area contributed by atoms with E-state index in [1.54, 1.807) is 17.5 Å². The van der Waals surface area contributed by atoms with Crippen LogP contribution in [0.2, 0.25) is 0 Å². The molecule has 0 aliphatic heterocycles. The molecule has 0 unspecified atom stereocenters. The van der Waals surface area contributed by atoms with Crippen LogP contribution in [0, 0.1) is 10.1 Å². The molecule has 1 aromatic heterocycles. The normalized spacial score (nSPS) is 11.1. The molecule has 0 aliphatic carbocycles. The summed E-state index contributed by atoms with van der Waals surface area (Å²) in [5.74, 6) is -1.84. The number of carboxylic acids is 1. The summed E-state index contributed by atoms with van der Waals surface area (Å²) in [5, 5.41) is 27.1. The lowest BCUT2D eigenvalue weighted by Crippen LogP contribution is -2.24. The minimum atomic E-state index is -1.22. The first-order valence-electron chi connectivity index (χ1n) is 6.82. The van der Waals surface area contributed by atoms with Gasteiger partial charge in [0.2, 0.25) is 0 Å². The Morgan fingerprint density at radius 3 is 2.62 bits per heavy atom. The number of hydrazone groups is 1. The largest absolute Gasteiger partial charge is 0.550 e. The van der Waals surface area contributed by atoms with Gasteiger partial charge in [-0.25, -0.2) is 5.43 Å². The van der Waals surface area contributed by atoms with Gasteiger partial charge in [-0.05, 0) is 30.4 Å². The van der Waals surface area contributed by atoms with E-state index >= 15 is 0 Å². The quantitative estimate of drug-likeness (QED) is 0.460. The number of aliphatic carboxylic acids is 1. The summed E-state index contributed by atoms with van der Waals surface area (Å²) >= 11 is 1.35. The van der Waals surface area contributed by atoms with Crippen molar-refractivity contribution in [2.45, 2.75) is 12.8 Å². The highest BCUT2D eigenvalue weighted by Crippen LogP contribution is 2.15. The van der Waals surface area contributed by atoms with Crippen LogP contribution in [-0.4, -0.2) is 22.5 Å². The van der Waals surface area contributed by atoms with Crippen molar-refractivity contribution in [2.24, 2.45) is 5.10 Å². The number of nitrogens with one attached hydrogen (secondary N) is 1. The van der Waals surface area contributed by atoms with Crippen molar-refractivity contribution >= 4 is 34.6 Å². The van der Waals surface area contributed by atoms with Gasteiger partial charge >= 0.3 is 0 Å². The molecule has 9 heteroatoms. The van der Waals surface area contributed by atoms with Gasteiger partial charge in [-0.2, -0.15) is 5.10 Å². The van der Waals surface area contributed by atoms with Crippen molar-refractivity contribution in [3.63, 3.8) is 0 Å². The molecule has 0 bridgehead atoms. The van der Waals surface area contributed by atoms with Crippen LogP contribution in [0.15, 0.2) is 46.9 Å². The summed E-state index contributed by atoms with van der Waals surface area (Å²) in [6, 6.07) is 8.75. The Balaban J connectivity index is 2.15. The van der Waals surface area contributed by atoms with Gasteiger partial charge in [0, 0.05) is 23.7 Å². The second-order valence-electron chi connectivity index (χ2n) is 4.66.